The molecule has 0 aliphatic rings. The molecule has 0 aliphatic carbocycles. The number of nitrogens with zero attached hydrogens (tertiary/aromatic N) is 1. The largest absolute Gasteiger partial charge is 0.286 e. The van der Waals surface area contributed by atoms with Gasteiger partial charge in [-0.25, -0.2) is 4.98 Å². The molecule has 0 saturated heterocycles. The van der Waals surface area contributed by atoms with Gasteiger partial charge in [0.05, 0.1) is 5.56 Å². The molecule has 0 unspecified atom stereocenters. The van der Waals surface area contributed by atoms with E-state index in [1.807, 2.05) is 6.07 Å². The number of H-pyrrole nitrogens is 1. The van der Waals surface area contributed by atoms with Crippen LogP contribution in [0.2, 0.25) is 0 Å². The molecule has 3 nitrogen and oxygen atoms in total. The van der Waals surface area contributed by atoms with Crippen molar-refractivity contribution in [2.75, 3.05) is 5.73 Å². The van der Waals surface area contributed by atoms with Gasteiger partial charge < -0.3 is 0 Å². The van der Waals surface area contributed by atoms with Crippen LogP contribution in [0, 0.1) is 11.3 Å². The summed E-state index contributed by atoms with van der Waals surface area (Å²) in [6.07, 6.45) is 1.56. The molecule has 1 heterocycles. The number of nitriles is 1. The van der Waals surface area contributed by atoms with Gasteiger partial charge in [0.2, 0.25) is 0 Å². The summed E-state index contributed by atoms with van der Waals surface area (Å²) < 4.78 is 0.714. The van der Waals surface area contributed by atoms with Crippen molar-refractivity contribution in [1.82, 2.24) is 0 Å². The predicted molar refractivity (Wildman–Crippen MR) is 39.8 cm³/mol. The van der Waals surface area contributed by atoms with Gasteiger partial charge >= 0.3 is 0 Å². The van der Waals surface area contributed by atoms with Crippen LogP contribution in [0.5, 0.6) is 0 Å². The highest BCUT2D eigenvalue weighted by molar-refractivity contribution is 9.10. The molecule has 0 spiro atoms. The van der Waals surface area contributed by atoms with Gasteiger partial charge in [0, 0.05) is 0 Å². The molecule has 3 N–H and O–H groups in total. The van der Waals surface area contributed by atoms with E-state index in [1.165, 1.54) is 0 Å². The summed E-state index contributed by atoms with van der Waals surface area (Å²) in [5.74, 6) is 0.527. The Balaban J connectivity index is 3.20. The van der Waals surface area contributed by atoms with E-state index < -0.39 is 0 Å². The minimum atomic E-state index is 0.527. The molecule has 0 aliphatic heterocycles. The highest BCUT2D eigenvalue weighted by Gasteiger charge is 2.01. The Morgan fingerprint density at radius 3 is 2.90 bits per heavy atom. The van der Waals surface area contributed by atoms with Gasteiger partial charge in [-0.2, -0.15) is 5.26 Å². The normalized spacial score (nSPS) is 8.80. The minimum Gasteiger partial charge on any atom is -0.286 e. The quantitative estimate of drug-likeness (QED) is 0.668. The molecule has 0 amide bonds. The Bertz CT molecular complexity index is 290. The fraction of sp³-hybridized carbons (Fsp3) is 0. The number of anilines is 1. The average Bonchev–Trinajstić information content (AvgIpc) is 1.95. The number of nitrogens with one attached hydrogen (secondary N) is 1. The van der Waals surface area contributed by atoms with Crippen LogP contribution in [0.25, 0.3) is 0 Å². The fourth-order valence-corrected chi connectivity index (χ4v) is 0.906. The molecule has 4 heteroatoms. The van der Waals surface area contributed by atoms with Crippen molar-refractivity contribution in [2.24, 2.45) is 0 Å². The molecular formula is C6H5BrN3+. The summed E-state index contributed by atoms with van der Waals surface area (Å²) >= 11 is 3.18. The van der Waals surface area contributed by atoms with E-state index in [4.69, 9.17) is 11.0 Å². The van der Waals surface area contributed by atoms with Crippen LogP contribution < -0.4 is 10.7 Å². The smallest absolute Gasteiger partial charge is 0.284 e. The van der Waals surface area contributed by atoms with Gasteiger partial charge in [0.15, 0.2) is 0 Å². The van der Waals surface area contributed by atoms with Gasteiger partial charge in [-0.1, -0.05) is 0 Å². The first-order valence-corrected chi connectivity index (χ1v) is 3.40. The lowest BCUT2D eigenvalue weighted by atomic mass is 10.3. The summed E-state index contributed by atoms with van der Waals surface area (Å²) in [5.41, 5.74) is 5.99. The van der Waals surface area contributed by atoms with Crippen molar-refractivity contribution < 1.29 is 4.98 Å². The molecule has 0 aromatic carbocycles. The molecule has 1 rings (SSSR count). The standard InChI is InChI=1S/C6H4BrN3/c7-5-1-4(2-8)3-10-6(5)9/h1,3H,(H2,9,10)/p+1. The van der Waals surface area contributed by atoms with Crippen LogP contribution in [0.15, 0.2) is 16.7 Å². The van der Waals surface area contributed by atoms with E-state index in [0.29, 0.717) is 15.9 Å². The number of nitrogens with two attached hydrogens (primary N) is 1. The summed E-state index contributed by atoms with van der Waals surface area (Å²) in [6.45, 7) is 0. The second-order valence-electron chi connectivity index (χ2n) is 1.76. The molecule has 1 aromatic heterocycles. The predicted octanol–water partition coefficient (Wildman–Crippen LogP) is 0.717. The summed E-state index contributed by atoms with van der Waals surface area (Å²) in [4.78, 5) is 2.73. The third-order valence-corrected chi connectivity index (χ3v) is 1.71. The Labute approximate surface area is 66.6 Å². The van der Waals surface area contributed by atoms with Crippen LogP contribution in [0.3, 0.4) is 0 Å². The third-order valence-electron chi connectivity index (χ3n) is 1.05. The second kappa shape index (κ2) is 2.67. The fourth-order valence-electron chi connectivity index (χ4n) is 0.545. The van der Waals surface area contributed by atoms with Crippen LogP contribution in [0.1, 0.15) is 5.56 Å². The van der Waals surface area contributed by atoms with Gasteiger partial charge in [-0.15, -0.1) is 0 Å². The maximum Gasteiger partial charge on any atom is 0.284 e. The Morgan fingerprint density at radius 2 is 2.40 bits per heavy atom. The van der Waals surface area contributed by atoms with E-state index in [2.05, 4.69) is 20.9 Å². The molecule has 0 bridgehead atoms. The van der Waals surface area contributed by atoms with Crippen molar-refractivity contribution >= 4 is 21.7 Å². The number of pyridine rings is 1. The number of hydrogen-bond acceptors (Lipinski definition) is 2. The van der Waals surface area contributed by atoms with Gasteiger partial charge in [0.25, 0.3) is 5.82 Å². The molecule has 0 saturated carbocycles. The monoisotopic (exact) mass is 198 g/mol. The zero-order chi connectivity index (χ0) is 7.56. The van der Waals surface area contributed by atoms with Crippen LogP contribution >= 0.6 is 15.9 Å². The lowest BCUT2D eigenvalue weighted by molar-refractivity contribution is -0.361. The van der Waals surface area contributed by atoms with Crippen molar-refractivity contribution in [2.45, 2.75) is 0 Å². The third kappa shape index (κ3) is 1.25. The van der Waals surface area contributed by atoms with Crippen LogP contribution in [0.4, 0.5) is 5.82 Å². The van der Waals surface area contributed by atoms with Crippen LogP contribution in [-0.2, 0) is 0 Å². The SMILES string of the molecule is N#Cc1c[nH+]c(N)c(Br)c1. The molecule has 0 atom stereocenters. The molecule has 10 heavy (non-hydrogen) atoms. The lowest BCUT2D eigenvalue weighted by Crippen LogP contribution is -2.10. The number of aromatic amines is 1. The second-order valence-corrected chi connectivity index (χ2v) is 2.62. The minimum absolute atomic E-state index is 0.527. The van der Waals surface area contributed by atoms with Crippen molar-refractivity contribution in [3.63, 3.8) is 0 Å². The molecular weight excluding hydrogens is 194 g/mol. The number of aromatic nitrogens is 1. The van der Waals surface area contributed by atoms with E-state index in [0.717, 1.165) is 0 Å². The van der Waals surface area contributed by atoms with E-state index >= 15 is 0 Å². The maximum atomic E-state index is 8.42. The lowest BCUT2D eigenvalue weighted by Gasteiger charge is -1.89. The highest BCUT2D eigenvalue weighted by Crippen LogP contribution is 2.13. The summed E-state index contributed by atoms with van der Waals surface area (Å²) in [6, 6.07) is 3.64. The van der Waals surface area contributed by atoms with Gasteiger partial charge in [-0.05, 0) is 22.0 Å². The zero-order valence-corrected chi connectivity index (χ0v) is 6.64. The van der Waals surface area contributed by atoms with E-state index in [-0.39, 0.29) is 0 Å². The topological polar surface area (TPSA) is 64.0 Å². The number of rotatable bonds is 0. The van der Waals surface area contributed by atoms with Crippen molar-refractivity contribution in [3.8, 4) is 6.07 Å². The van der Waals surface area contributed by atoms with E-state index in [9.17, 15) is 0 Å². The Morgan fingerprint density at radius 1 is 1.70 bits per heavy atom. The molecule has 1 aromatic rings. The van der Waals surface area contributed by atoms with E-state index in [1.54, 1.807) is 12.3 Å². The first-order chi connectivity index (χ1) is 4.74. The zero-order valence-electron chi connectivity index (χ0n) is 5.06. The first kappa shape index (κ1) is 7.03. The van der Waals surface area contributed by atoms with Gasteiger partial charge in [-0.3, -0.25) is 5.73 Å². The Kier molecular flexibility index (Phi) is 1.88. The Hall–Kier alpha value is -1.08. The molecule has 0 radical (unpaired) electrons. The number of hydrogen-bond donors (Lipinski definition) is 1. The number of halogens is 1. The maximum absolute atomic E-state index is 8.42. The average molecular weight is 199 g/mol. The molecule has 50 valence electrons. The van der Waals surface area contributed by atoms with Crippen molar-refractivity contribution in [3.05, 3.63) is 22.3 Å². The van der Waals surface area contributed by atoms with Gasteiger partial charge in [0.1, 0.15) is 16.7 Å². The number of nitrogen functional groups attached to an aromatic ring is 1. The van der Waals surface area contributed by atoms with Crippen molar-refractivity contribution in [1.29, 1.82) is 5.26 Å². The van der Waals surface area contributed by atoms with Crippen LogP contribution in [-0.4, -0.2) is 0 Å². The molecule has 0 fully saturated rings. The highest BCUT2D eigenvalue weighted by atomic mass is 79.9. The summed E-state index contributed by atoms with van der Waals surface area (Å²) in [7, 11) is 0. The summed E-state index contributed by atoms with van der Waals surface area (Å²) in [5, 5.41) is 8.42. The first-order valence-electron chi connectivity index (χ1n) is 2.61.